The van der Waals surface area contributed by atoms with Gasteiger partial charge in [-0.1, -0.05) is 25.0 Å². The van der Waals surface area contributed by atoms with E-state index in [0.717, 1.165) is 42.4 Å². The van der Waals surface area contributed by atoms with Gasteiger partial charge in [0, 0.05) is 17.7 Å². The van der Waals surface area contributed by atoms with Crippen molar-refractivity contribution in [3.63, 3.8) is 0 Å². The van der Waals surface area contributed by atoms with Crippen LogP contribution in [0.25, 0.3) is 11.1 Å². The summed E-state index contributed by atoms with van der Waals surface area (Å²) in [5, 5.41) is 2.86. The molecule has 164 valence electrons. The predicted molar refractivity (Wildman–Crippen MR) is 115 cm³/mol. The van der Waals surface area contributed by atoms with Crippen LogP contribution in [0.15, 0.2) is 30.3 Å². The Kier molecular flexibility index (Phi) is 6.30. The van der Waals surface area contributed by atoms with Gasteiger partial charge < -0.3 is 24.3 Å². The molecule has 1 amide bonds. The van der Waals surface area contributed by atoms with Crippen molar-refractivity contribution in [2.45, 2.75) is 32.2 Å². The largest absolute Gasteiger partial charge is 0.493 e. The number of esters is 1. The third-order valence-electron chi connectivity index (χ3n) is 5.90. The first-order chi connectivity index (χ1) is 15.1. The van der Waals surface area contributed by atoms with Crippen LogP contribution in [-0.2, 0) is 16.1 Å². The number of methoxy groups -OCH3 is 2. The predicted octanol–water partition coefficient (Wildman–Crippen LogP) is 3.73. The zero-order valence-corrected chi connectivity index (χ0v) is 17.9. The monoisotopic (exact) mass is 425 g/mol. The molecule has 0 radical (unpaired) electrons. The Morgan fingerprint density at radius 2 is 1.74 bits per heavy atom. The highest BCUT2D eigenvalue weighted by Crippen LogP contribution is 2.46. The van der Waals surface area contributed by atoms with E-state index in [4.69, 9.17) is 18.9 Å². The Balaban J connectivity index is 1.58. The van der Waals surface area contributed by atoms with Crippen molar-refractivity contribution in [1.29, 1.82) is 0 Å². The topological polar surface area (TPSA) is 83.1 Å². The van der Waals surface area contributed by atoms with Crippen LogP contribution in [-0.4, -0.2) is 39.3 Å². The number of amides is 1. The molecule has 1 saturated carbocycles. The first-order valence-electron chi connectivity index (χ1n) is 10.6. The molecule has 0 aromatic heterocycles. The van der Waals surface area contributed by atoms with Crippen molar-refractivity contribution in [1.82, 2.24) is 5.32 Å². The van der Waals surface area contributed by atoms with Crippen LogP contribution in [0, 0.1) is 5.92 Å². The van der Waals surface area contributed by atoms with Crippen molar-refractivity contribution in [3.05, 3.63) is 41.5 Å². The third kappa shape index (κ3) is 4.17. The van der Waals surface area contributed by atoms with E-state index >= 15 is 0 Å². The van der Waals surface area contributed by atoms with Crippen LogP contribution >= 0.6 is 0 Å². The lowest BCUT2D eigenvalue weighted by molar-refractivity contribution is -0.149. The summed E-state index contributed by atoms with van der Waals surface area (Å²) >= 11 is 0. The highest BCUT2D eigenvalue weighted by atomic mass is 16.6. The fourth-order valence-electron chi connectivity index (χ4n) is 4.33. The van der Waals surface area contributed by atoms with E-state index in [1.54, 1.807) is 14.2 Å². The van der Waals surface area contributed by atoms with Gasteiger partial charge in [0.15, 0.2) is 11.5 Å². The average molecular weight is 425 g/mol. The number of carbonyl (C=O) groups is 2. The number of hydrogen-bond acceptors (Lipinski definition) is 6. The minimum atomic E-state index is -0.149. The summed E-state index contributed by atoms with van der Waals surface area (Å²) in [5.41, 5.74) is 3.24. The van der Waals surface area contributed by atoms with E-state index in [-0.39, 0.29) is 31.0 Å². The van der Waals surface area contributed by atoms with E-state index in [1.807, 2.05) is 30.3 Å². The molecule has 1 heterocycles. The number of benzene rings is 2. The summed E-state index contributed by atoms with van der Waals surface area (Å²) in [6, 6.07) is 9.31. The maximum absolute atomic E-state index is 12.2. The molecule has 7 heteroatoms. The van der Waals surface area contributed by atoms with Crippen LogP contribution < -0.4 is 19.5 Å². The van der Waals surface area contributed by atoms with Crippen molar-refractivity contribution in [2.75, 3.05) is 27.4 Å². The fraction of sp³-hybridized carbons (Fsp3) is 0.417. The zero-order valence-electron chi connectivity index (χ0n) is 17.9. The average Bonchev–Trinajstić information content (AvgIpc) is 3.46. The number of nitrogens with one attached hydrogen (secondary N) is 1. The molecule has 2 aromatic rings. The van der Waals surface area contributed by atoms with Gasteiger partial charge in [-0.05, 0) is 42.2 Å². The summed E-state index contributed by atoms with van der Waals surface area (Å²) in [4.78, 5) is 24.3. The maximum atomic E-state index is 12.2. The first-order valence-corrected chi connectivity index (χ1v) is 10.6. The van der Waals surface area contributed by atoms with Crippen molar-refractivity contribution < 1.29 is 28.5 Å². The molecule has 0 unspecified atom stereocenters. The normalized spacial score (nSPS) is 15.4. The second kappa shape index (κ2) is 9.29. The molecule has 0 bridgehead atoms. The quantitative estimate of drug-likeness (QED) is 0.513. The molecule has 1 fully saturated rings. The molecule has 7 nitrogen and oxygen atoms in total. The van der Waals surface area contributed by atoms with E-state index in [1.165, 1.54) is 0 Å². The standard InChI is InChI=1S/C24H27NO6/c1-28-20-11-10-17(16-8-5-9-18-19(16)14-25-23(18)26)21(22(20)29-2)30-12-13-31-24(27)15-6-3-4-7-15/h5,8-11,15H,3-4,6-7,12-14H2,1-2H3,(H,25,26). The SMILES string of the molecule is COc1ccc(-c2cccc3c2CNC3=O)c(OCCOC(=O)C2CCCC2)c1OC. The number of ether oxygens (including phenoxy) is 4. The minimum absolute atomic E-state index is 0.0128. The zero-order chi connectivity index (χ0) is 21.8. The first kappa shape index (κ1) is 21.0. The van der Waals surface area contributed by atoms with Crippen molar-refractivity contribution in [2.24, 2.45) is 5.92 Å². The van der Waals surface area contributed by atoms with Gasteiger partial charge >= 0.3 is 5.97 Å². The Hall–Kier alpha value is -3.22. The Labute approximate surface area is 181 Å². The van der Waals surface area contributed by atoms with Crippen LogP contribution in [0.4, 0.5) is 0 Å². The molecule has 31 heavy (non-hydrogen) atoms. The molecular weight excluding hydrogens is 398 g/mol. The molecule has 0 atom stereocenters. The smallest absolute Gasteiger partial charge is 0.309 e. The van der Waals surface area contributed by atoms with Gasteiger partial charge in [0.05, 0.1) is 20.1 Å². The van der Waals surface area contributed by atoms with Gasteiger partial charge in [-0.15, -0.1) is 0 Å². The Morgan fingerprint density at radius 3 is 2.48 bits per heavy atom. The van der Waals surface area contributed by atoms with Gasteiger partial charge in [0.2, 0.25) is 5.75 Å². The maximum Gasteiger partial charge on any atom is 0.309 e. The summed E-state index contributed by atoms with van der Waals surface area (Å²) < 4.78 is 22.5. The Bertz CT molecular complexity index is 980. The molecule has 1 aliphatic heterocycles. The molecular formula is C24H27NO6. The van der Waals surface area contributed by atoms with Crippen molar-refractivity contribution >= 4 is 11.9 Å². The van der Waals surface area contributed by atoms with E-state index in [0.29, 0.717) is 29.4 Å². The molecule has 0 saturated heterocycles. The molecule has 1 aliphatic carbocycles. The molecule has 1 N–H and O–H groups in total. The van der Waals surface area contributed by atoms with Crippen molar-refractivity contribution in [3.8, 4) is 28.4 Å². The van der Waals surface area contributed by atoms with E-state index in [9.17, 15) is 9.59 Å². The van der Waals surface area contributed by atoms with Gasteiger partial charge in [0.25, 0.3) is 5.91 Å². The molecule has 0 spiro atoms. The fourth-order valence-corrected chi connectivity index (χ4v) is 4.33. The summed E-state index contributed by atoms with van der Waals surface area (Å²) in [5.74, 6) is 1.26. The number of carbonyl (C=O) groups excluding carboxylic acids is 2. The Morgan fingerprint density at radius 1 is 0.968 bits per heavy atom. The van der Waals surface area contributed by atoms with Crippen LogP contribution in [0.1, 0.15) is 41.6 Å². The lowest BCUT2D eigenvalue weighted by atomic mass is 9.95. The molecule has 2 aliphatic rings. The second-order valence-electron chi connectivity index (χ2n) is 7.69. The second-order valence-corrected chi connectivity index (χ2v) is 7.69. The van der Waals surface area contributed by atoms with Gasteiger partial charge in [0.1, 0.15) is 13.2 Å². The van der Waals surface area contributed by atoms with E-state index in [2.05, 4.69) is 5.32 Å². The minimum Gasteiger partial charge on any atom is -0.493 e. The molecule has 4 rings (SSSR count). The summed E-state index contributed by atoms with van der Waals surface area (Å²) in [6.07, 6.45) is 3.97. The summed E-state index contributed by atoms with van der Waals surface area (Å²) in [7, 11) is 3.11. The lowest BCUT2D eigenvalue weighted by Gasteiger charge is -2.19. The molecule has 2 aromatic carbocycles. The van der Waals surface area contributed by atoms with Crippen LogP contribution in [0.5, 0.6) is 17.2 Å². The van der Waals surface area contributed by atoms with Gasteiger partial charge in [-0.25, -0.2) is 0 Å². The number of fused-ring (bicyclic) bond motifs is 1. The highest BCUT2D eigenvalue weighted by Gasteiger charge is 2.26. The van der Waals surface area contributed by atoms with Crippen LogP contribution in [0.2, 0.25) is 0 Å². The van der Waals surface area contributed by atoms with Gasteiger partial charge in [-0.2, -0.15) is 0 Å². The lowest BCUT2D eigenvalue weighted by Crippen LogP contribution is -2.18. The van der Waals surface area contributed by atoms with Gasteiger partial charge in [-0.3, -0.25) is 9.59 Å². The highest BCUT2D eigenvalue weighted by molar-refractivity contribution is 6.01. The number of hydrogen-bond donors (Lipinski definition) is 1. The van der Waals surface area contributed by atoms with Crippen LogP contribution in [0.3, 0.4) is 0 Å². The third-order valence-corrected chi connectivity index (χ3v) is 5.90. The number of rotatable bonds is 8. The summed E-state index contributed by atoms with van der Waals surface area (Å²) in [6.45, 7) is 0.792. The van der Waals surface area contributed by atoms with E-state index < -0.39 is 0 Å².